The zero-order chi connectivity index (χ0) is 19.3. The van der Waals surface area contributed by atoms with Crippen molar-refractivity contribution in [3.05, 3.63) is 78.6 Å². The van der Waals surface area contributed by atoms with Crippen LogP contribution in [0.1, 0.15) is 31.1 Å². The molecule has 0 atom stereocenters. The van der Waals surface area contributed by atoms with Crippen LogP contribution in [-0.4, -0.2) is 16.4 Å². The molecule has 138 valence electrons. The summed E-state index contributed by atoms with van der Waals surface area (Å²) in [5.74, 6) is 1.40. The van der Waals surface area contributed by atoms with Gasteiger partial charge < -0.3 is 15.4 Å². The van der Waals surface area contributed by atoms with Crippen molar-refractivity contribution < 1.29 is 9.53 Å². The van der Waals surface area contributed by atoms with Crippen LogP contribution < -0.4 is 15.4 Å². The van der Waals surface area contributed by atoms with Crippen molar-refractivity contribution in [3.63, 3.8) is 0 Å². The topological polar surface area (TPSA) is 63.2 Å². The van der Waals surface area contributed by atoms with Gasteiger partial charge in [0.25, 0.3) is 5.91 Å². The summed E-state index contributed by atoms with van der Waals surface area (Å²) in [6.45, 7) is 5.83. The molecule has 3 rings (SSSR count). The molecule has 1 heterocycles. The maximum absolute atomic E-state index is 12.3. The summed E-state index contributed by atoms with van der Waals surface area (Å²) in [6.07, 6.45) is 3.24. The van der Waals surface area contributed by atoms with Crippen molar-refractivity contribution in [2.24, 2.45) is 0 Å². The van der Waals surface area contributed by atoms with E-state index in [4.69, 9.17) is 4.74 Å². The quantitative estimate of drug-likeness (QED) is 0.660. The van der Waals surface area contributed by atoms with E-state index in [-0.39, 0.29) is 11.4 Å². The van der Waals surface area contributed by atoms with Crippen LogP contribution >= 0.6 is 0 Å². The lowest BCUT2D eigenvalue weighted by Crippen LogP contribution is -2.40. The Morgan fingerprint density at radius 3 is 2.22 bits per heavy atom. The van der Waals surface area contributed by atoms with Crippen molar-refractivity contribution in [3.8, 4) is 11.5 Å². The normalized spacial score (nSPS) is 10.9. The molecule has 0 aliphatic carbocycles. The molecule has 5 nitrogen and oxygen atoms in total. The maximum Gasteiger partial charge on any atom is 0.253 e. The minimum Gasteiger partial charge on any atom is -0.457 e. The molecule has 0 aliphatic rings. The average Bonchev–Trinajstić information content (AvgIpc) is 2.63. The molecular formula is C22H23N3O2. The van der Waals surface area contributed by atoms with Crippen LogP contribution in [0.3, 0.4) is 0 Å². The van der Waals surface area contributed by atoms with E-state index in [1.165, 1.54) is 0 Å². The number of aromatic nitrogens is 1. The van der Waals surface area contributed by atoms with Crippen molar-refractivity contribution >= 4 is 17.3 Å². The highest BCUT2D eigenvalue weighted by Gasteiger charge is 2.15. The molecule has 27 heavy (non-hydrogen) atoms. The van der Waals surface area contributed by atoms with E-state index in [1.807, 2.05) is 75.4 Å². The van der Waals surface area contributed by atoms with E-state index in [1.54, 1.807) is 18.5 Å². The number of carbonyl (C=O) groups excluding carboxylic acids is 1. The Bertz CT molecular complexity index is 901. The predicted octanol–water partition coefficient (Wildman–Crippen LogP) is 5.15. The van der Waals surface area contributed by atoms with Gasteiger partial charge in [-0.15, -0.1) is 0 Å². The first-order chi connectivity index (χ1) is 12.9. The van der Waals surface area contributed by atoms with E-state index in [0.29, 0.717) is 5.56 Å². The number of nitrogens with one attached hydrogen (secondary N) is 2. The fourth-order valence-electron chi connectivity index (χ4n) is 2.44. The van der Waals surface area contributed by atoms with Crippen LogP contribution in [0.4, 0.5) is 11.4 Å². The molecule has 0 radical (unpaired) electrons. The smallest absolute Gasteiger partial charge is 0.253 e. The highest BCUT2D eigenvalue weighted by atomic mass is 16.5. The van der Waals surface area contributed by atoms with E-state index >= 15 is 0 Å². The van der Waals surface area contributed by atoms with Gasteiger partial charge in [-0.3, -0.25) is 9.78 Å². The maximum atomic E-state index is 12.3. The van der Waals surface area contributed by atoms with Crippen LogP contribution in [0.25, 0.3) is 0 Å². The van der Waals surface area contributed by atoms with Gasteiger partial charge in [-0.1, -0.05) is 18.2 Å². The third-order valence-electron chi connectivity index (χ3n) is 3.61. The van der Waals surface area contributed by atoms with Gasteiger partial charge in [0, 0.05) is 17.4 Å². The number of rotatable bonds is 5. The van der Waals surface area contributed by atoms with Gasteiger partial charge in [0.05, 0.1) is 17.4 Å². The van der Waals surface area contributed by atoms with E-state index in [9.17, 15) is 4.79 Å². The van der Waals surface area contributed by atoms with Crippen molar-refractivity contribution in [1.82, 2.24) is 10.3 Å². The molecule has 0 saturated heterocycles. The third-order valence-corrected chi connectivity index (χ3v) is 3.61. The Hall–Kier alpha value is -3.34. The summed E-state index contributed by atoms with van der Waals surface area (Å²) in [7, 11) is 0. The van der Waals surface area contributed by atoms with Crippen LogP contribution in [0.15, 0.2) is 73.1 Å². The van der Waals surface area contributed by atoms with Crippen LogP contribution in [-0.2, 0) is 0 Å². The summed E-state index contributed by atoms with van der Waals surface area (Å²) in [5, 5.41) is 6.19. The van der Waals surface area contributed by atoms with Gasteiger partial charge in [0.15, 0.2) is 0 Å². The van der Waals surface area contributed by atoms with Gasteiger partial charge in [0.1, 0.15) is 11.5 Å². The van der Waals surface area contributed by atoms with Crippen LogP contribution in [0.2, 0.25) is 0 Å². The van der Waals surface area contributed by atoms with Crippen molar-refractivity contribution in [1.29, 1.82) is 0 Å². The largest absolute Gasteiger partial charge is 0.457 e. The highest BCUT2D eigenvalue weighted by Crippen LogP contribution is 2.24. The van der Waals surface area contributed by atoms with Gasteiger partial charge in [-0.05, 0) is 63.2 Å². The minimum atomic E-state index is -0.297. The number of para-hydroxylation sites is 1. The predicted molar refractivity (Wildman–Crippen MR) is 108 cm³/mol. The number of benzene rings is 2. The fraction of sp³-hybridized carbons (Fsp3) is 0.182. The summed E-state index contributed by atoms with van der Waals surface area (Å²) in [6, 6.07) is 19.0. The van der Waals surface area contributed by atoms with E-state index in [0.717, 1.165) is 22.9 Å². The lowest BCUT2D eigenvalue weighted by molar-refractivity contribution is 0.0919. The molecule has 1 aromatic heterocycles. The molecule has 0 fully saturated rings. The number of ether oxygens (including phenoxy) is 1. The molecule has 3 aromatic rings. The van der Waals surface area contributed by atoms with Gasteiger partial charge in [0.2, 0.25) is 0 Å². The summed E-state index contributed by atoms with van der Waals surface area (Å²) >= 11 is 0. The first-order valence-electron chi connectivity index (χ1n) is 8.77. The molecule has 0 spiro atoms. The fourth-order valence-corrected chi connectivity index (χ4v) is 2.44. The SMILES string of the molecule is CC(C)(C)NC(=O)c1cncc(Nc2ccc(Oc3ccccc3)cc2)c1. The molecule has 0 bridgehead atoms. The Labute approximate surface area is 159 Å². The number of hydrogen-bond donors (Lipinski definition) is 2. The van der Waals surface area contributed by atoms with Gasteiger partial charge >= 0.3 is 0 Å². The first kappa shape index (κ1) is 18.5. The van der Waals surface area contributed by atoms with Gasteiger partial charge in [-0.2, -0.15) is 0 Å². The molecular weight excluding hydrogens is 338 g/mol. The Morgan fingerprint density at radius 1 is 0.889 bits per heavy atom. The number of amides is 1. The van der Waals surface area contributed by atoms with E-state index < -0.39 is 0 Å². The number of hydrogen-bond acceptors (Lipinski definition) is 4. The molecule has 2 N–H and O–H groups in total. The van der Waals surface area contributed by atoms with E-state index in [2.05, 4.69) is 15.6 Å². The molecule has 2 aromatic carbocycles. The molecule has 1 amide bonds. The summed E-state index contributed by atoms with van der Waals surface area (Å²) in [5.41, 5.74) is 1.84. The van der Waals surface area contributed by atoms with Crippen LogP contribution in [0.5, 0.6) is 11.5 Å². The average molecular weight is 361 g/mol. The lowest BCUT2D eigenvalue weighted by atomic mass is 10.1. The summed E-state index contributed by atoms with van der Waals surface area (Å²) in [4.78, 5) is 16.4. The van der Waals surface area contributed by atoms with Crippen molar-refractivity contribution in [2.75, 3.05) is 5.32 Å². The Balaban J connectivity index is 1.67. The second-order valence-electron chi connectivity index (χ2n) is 7.23. The second-order valence-corrected chi connectivity index (χ2v) is 7.23. The molecule has 0 aliphatic heterocycles. The highest BCUT2D eigenvalue weighted by molar-refractivity contribution is 5.95. The third kappa shape index (κ3) is 5.57. The number of nitrogens with zero attached hydrogens (tertiary/aromatic N) is 1. The molecule has 5 heteroatoms. The standard InChI is InChI=1S/C22H23N3O2/c1-22(2,3)25-21(26)16-13-18(15-23-14-16)24-17-9-11-20(12-10-17)27-19-7-5-4-6-8-19/h4-15,24H,1-3H3,(H,25,26). The Kier molecular flexibility index (Phi) is 5.41. The second kappa shape index (κ2) is 7.91. The Morgan fingerprint density at radius 2 is 1.56 bits per heavy atom. The summed E-state index contributed by atoms with van der Waals surface area (Å²) < 4.78 is 5.79. The molecule has 0 saturated carbocycles. The zero-order valence-electron chi connectivity index (χ0n) is 15.7. The molecule has 0 unspecified atom stereocenters. The van der Waals surface area contributed by atoms with Gasteiger partial charge in [-0.25, -0.2) is 0 Å². The zero-order valence-corrected chi connectivity index (χ0v) is 15.7. The van der Waals surface area contributed by atoms with Crippen molar-refractivity contribution in [2.45, 2.75) is 26.3 Å². The number of pyridine rings is 1. The lowest BCUT2D eigenvalue weighted by Gasteiger charge is -2.20. The number of anilines is 2. The minimum absolute atomic E-state index is 0.148. The van der Waals surface area contributed by atoms with Crippen LogP contribution in [0, 0.1) is 0 Å². The first-order valence-corrected chi connectivity index (χ1v) is 8.77. The monoisotopic (exact) mass is 361 g/mol. The number of carbonyl (C=O) groups is 1.